The van der Waals surface area contributed by atoms with E-state index >= 15 is 0 Å². The first kappa shape index (κ1) is 8.84. The van der Waals surface area contributed by atoms with Crippen LogP contribution in [0.3, 0.4) is 0 Å². The lowest BCUT2D eigenvalue weighted by molar-refractivity contribution is 0.0807. The number of hydrogen-bond acceptors (Lipinski definition) is 2. The molecular weight excluding hydrogens is 188 g/mol. The zero-order valence-corrected chi connectivity index (χ0v) is 8.62. The Morgan fingerprint density at radius 3 is 2.60 bits per heavy atom. The summed E-state index contributed by atoms with van der Waals surface area (Å²) in [5, 5.41) is 0. The number of carbonyl (C=O) groups is 2. The molecule has 0 radical (unpaired) electrons. The Balaban J connectivity index is 2.21. The Bertz CT molecular complexity index is 475. The van der Waals surface area contributed by atoms with Gasteiger partial charge in [-0.05, 0) is 12.8 Å². The summed E-state index contributed by atoms with van der Waals surface area (Å²) in [6, 6.07) is 7.20. The number of hydrogen-bond donors (Lipinski definition) is 0. The van der Waals surface area contributed by atoms with Gasteiger partial charge in [-0.25, -0.2) is 0 Å². The average molecular weight is 200 g/mol. The molecular formula is C13H12O2. The first-order valence-corrected chi connectivity index (χ1v) is 5.39. The molecule has 0 aromatic heterocycles. The summed E-state index contributed by atoms with van der Waals surface area (Å²) in [6.45, 7) is 2.00. The number of carbonyl (C=O) groups excluding carboxylic acids is 2. The van der Waals surface area contributed by atoms with Gasteiger partial charge in [0.05, 0.1) is 0 Å². The molecule has 0 heterocycles. The second-order valence-electron chi connectivity index (χ2n) is 4.51. The monoisotopic (exact) mass is 200 g/mol. The predicted molar refractivity (Wildman–Crippen MR) is 55.9 cm³/mol. The normalized spacial score (nSPS) is 32.2. The number of ketones is 2. The van der Waals surface area contributed by atoms with Gasteiger partial charge < -0.3 is 0 Å². The van der Waals surface area contributed by atoms with Crippen LogP contribution in [0.15, 0.2) is 24.3 Å². The second-order valence-corrected chi connectivity index (χ2v) is 4.51. The van der Waals surface area contributed by atoms with Crippen LogP contribution >= 0.6 is 0 Å². The van der Waals surface area contributed by atoms with E-state index in [1.807, 2.05) is 19.1 Å². The maximum atomic E-state index is 12.2. The Labute approximate surface area is 88.3 Å². The molecule has 1 aromatic rings. The van der Waals surface area contributed by atoms with E-state index in [2.05, 4.69) is 0 Å². The maximum absolute atomic E-state index is 12.2. The number of Topliss-reactive ketones (excluding diaryl/α,β-unsaturated/α-hetero) is 2. The molecule has 2 atom stereocenters. The smallest absolute Gasteiger partial charge is 0.170 e. The van der Waals surface area contributed by atoms with Crippen molar-refractivity contribution >= 4 is 11.6 Å². The summed E-state index contributed by atoms with van der Waals surface area (Å²) >= 11 is 0. The lowest BCUT2D eigenvalue weighted by Crippen LogP contribution is -2.28. The molecule has 15 heavy (non-hydrogen) atoms. The minimum atomic E-state index is -0.328. The van der Waals surface area contributed by atoms with Crippen LogP contribution < -0.4 is 0 Å². The van der Waals surface area contributed by atoms with E-state index in [9.17, 15) is 9.59 Å². The Morgan fingerprint density at radius 2 is 1.93 bits per heavy atom. The topological polar surface area (TPSA) is 34.1 Å². The zero-order chi connectivity index (χ0) is 10.6. The molecule has 0 amide bonds. The van der Waals surface area contributed by atoms with Crippen molar-refractivity contribution in [3.8, 4) is 0 Å². The summed E-state index contributed by atoms with van der Waals surface area (Å²) < 4.78 is 0. The van der Waals surface area contributed by atoms with Gasteiger partial charge in [-0.2, -0.15) is 0 Å². The maximum Gasteiger partial charge on any atom is 0.170 e. The fourth-order valence-electron chi connectivity index (χ4n) is 2.80. The molecule has 1 aromatic carbocycles. The van der Waals surface area contributed by atoms with Crippen LogP contribution in [-0.2, 0) is 0 Å². The number of benzene rings is 1. The third-order valence-electron chi connectivity index (χ3n) is 3.91. The summed E-state index contributed by atoms with van der Waals surface area (Å²) in [5.74, 6) is 0.335. The van der Waals surface area contributed by atoms with Gasteiger partial charge >= 0.3 is 0 Å². The van der Waals surface area contributed by atoms with Crippen LogP contribution in [0.25, 0.3) is 0 Å². The number of rotatable bonds is 1. The van der Waals surface area contributed by atoms with Gasteiger partial charge in [0.2, 0.25) is 0 Å². The van der Waals surface area contributed by atoms with E-state index in [-0.39, 0.29) is 22.9 Å². The lowest BCUT2D eigenvalue weighted by atomic mass is 9.80. The number of fused-ring (bicyclic) bond motifs is 2. The molecule has 76 valence electrons. The largest absolute Gasteiger partial charge is 0.294 e. The fraction of sp³-hybridized carbons (Fsp3) is 0.385. The van der Waals surface area contributed by atoms with E-state index in [0.717, 1.165) is 12.8 Å². The fourth-order valence-corrected chi connectivity index (χ4v) is 2.80. The summed E-state index contributed by atoms with van der Waals surface area (Å²) in [7, 11) is 0. The summed E-state index contributed by atoms with van der Waals surface area (Å²) in [5.41, 5.74) is 0.943. The predicted octanol–water partition coefficient (Wildman–Crippen LogP) is 2.48. The van der Waals surface area contributed by atoms with Crippen molar-refractivity contribution in [1.82, 2.24) is 0 Å². The lowest BCUT2D eigenvalue weighted by Gasteiger charge is -2.20. The quantitative estimate of drug-likeness (QED) is 0.698. The van der Waals surface area contributed by atoms with Gasteiger partial charge in [0.25, 0.3) is 0 Å². The van der Waals surface area contributed by atoms with Gasteiger partial charge in [0.1, 0.15) is 0 Å². The van der Waals surface area contributed by atoms with E-state index in [0.29, 0.717) is 11.1 Å². The van der Waals surface area contributed by atoms with Gasteiger partial charge in [0, 0.05) is 22.5 Å². The SMILES string of the molecule is CCC12CC1C(=O)c1ccccc1C2=O. The second kappa shape index (κ2) is 2.57. The van der Waals surface area contributed by atoms with E-state index in [4.69, 9.17) is 0 Å². The first-order valence-electron chi connectivity index (χ1n) is 5.39. The van der Waals surface area contributed by atoms with Crippen molar-refractivity contribution in [1.29, 1.82) is 0 Å². The van der Waals surface area contributed by atoms with Crippen molar-refractivity contribution in [3.05, 3.63) is 35.4 Å². The van der Waals surface area contributed by atoms with Crippen LogP contribution in [0.5, 0.6) is 0 Å². The molecule has 0 bridgehead atoms. The van der Waals surface area contributed by atoms with Crippen LogP contribution in [0.4, 0.5) is 0 Å². The van der Waals surface area contributed by atoms with Crippen LogP contribution in [-0.4, -0.2) is 11.6 Å². The van der Waals surface area contributed by atoms with Crippen molar-refractivity contribution in [2.45, 2.75) is 19.8 Å². The Hall–Kier alpha value is -1.44. The van der Waals surface area contributed by atoms with E-state index in [1.165, 1.54) is 0 Å². The molecule has 1 fully saturated rings. The third-order valence-corrected chi connectivity index (χ3v) is 3.91. The standard InChI is InChI=1S/C13H12O2/c1-2-13-7-10(13)11(14)8-5-3-4-6-9(8)12(13)15/h3-6,10H,2,7H2,1H3. The molecule has 0 spiro atoms. The first-order chi connectivity index (χ1) is 7.20. The van der Waals surface area contributed by atoms with Crippen LogP contribution in [0.1, 0.15) is 40.5 Å². The Morgan fingerprint density at radius 1 is 1.27 bits per heavy atom. The van der Waals surface area contributed by atoms with Gasteiger partial charge in [-0.15, -0.1) is 0 Å². The molecule has 2 aliphatic rings. The highest BCUT2D eigenvalue weighted by Gasteiger charge is 2.64. The highest BCUT2D eigenvalue weighted by atomic mass is 16.1. The van der Waals surface area contributed by atoms with Gasteiger partial charge in [-0.1, -0.05) is 31.2 Å². The minimum Gasteiger partial charge on any atom is -0.294 e. The molecule has 1 saturated carbocycles. The highest BCUT2D eigenvalue weighted by Crippen LogP contribution is 2.61. The highest BCUT2D eigenvalue weighted by molar-refractivity contribution is 6.20. The molecule has 2 aliphatic carbocycles. The molecule has 0 saturated heterocycles. The Kier molecular flexibility index (Phi) is 1.51. The molecule has 0 N–H and O–H groups in total. The van der Waals surface area contributed by atoms with Crippen LogP contribution in [0, 0.1) is 11.3 Å². The minimum absolute atomic E-state index is 0.0232. The van der Waals surface area contributed by atoms with E-state index in [1.54, 1.807) is 12.1 Å². The van der Waals surface area contributed by atoms with Crippen molar-refractivity contribution < 1.29 is 9.59 Å². The van der Waals surface area contributed by atoms with E-state index < -0.39 is 0 Å². The zero-order valence-electron chi connectivity index (χ0n) is 8.62. The molecule has 2 heteroatoms. The third kappa shape index (κ3) is 0.895. The molecule has 0 aliphatic heterocycles. The van der Waals surface area contributed by atoms with Gasteiger partial charge in [-0.3, -0.25) is 9.59 Å². The summed E-state index contributed by atoms with van der Waals surface area (Å²) in [6.07, 6.45) is 1.55. The molecule has 2 nitrogen and oxygen atoms in total. The van der Waals surface area contributed by atoms with Crippen molar-refractivity contribution in [2.24, 2.45) is 11.3 Å². The van der Waals surface area contributed by atoms with Crippen molar-refractivity contribution in [3.63, 3.8) is 0 Å². The summed E-state index contributed by atoms with van der Waals surface area (Å²) in [4.78, 5) is 24.2. The van der Waals surface area contributed by atoms with Crippen LogP contribution in [0.2, 0.25) is 0 Å². The molecule has 3 rings (SSSR count). The molecule has 2 unspecified atom stereocenters. The van der Waals surface area contributed by atoms with Gasteiger partial charge in [0.15, 0.2) is 11.6 Å². The average Bonchev–Trinajstić information content (AvgIpc) is 3.03. The van der Waals surface area contributed by atoms with Crippen molar-refractivity contribution in [2.75, 3.05) is 0 Å².